The van der Waals surface area contributed by atoms with Crippen LogP contribution in [0.3, 0.4) is 0 Å². The molecule has 3 rings (SSSR count). The van der Waals surface area contributed by atoms with E-state index in [-0.39, 0.29) is 0 Å². The number of hydrogen-bond donors (Lipinski definition) is 0. The second-order valence-corrected chi connectivity index (χ2v) is 4.81. The van der Waals surface area contributed by atoms with E-state index in [0.29, 0.717) is 10.8 Å². The van der Waals surface area contributed by atoms with Gasteiger partial charge in [-0.05, 0) is 29.6 Å². The summed E-state index contributed by atoms with van der Waals surface area (Å²) in [4.78, 5) is 0. The fraction of sp³-hybridized carbons (Fsp3) is 0.800. The molecule has 2 bridgehead atoms. The predicted molar refractivity (Wildman–Crippen MR) is 43.8 cm³/mol. The first kappa shape index (κ1) is 6.45. The van der Waals surface area contributed by atoms with Gasteiger partial charge in [-0.1, -0.05) is 32.9 Å². The van der Waals surface area contributed by atoms with Gasteiger partial charge in [0.2, 0.25) is 0 Å². The van der Waals surface area contributed by atoms with E-state index in [4.69, 9.17) is 0 Å². The zero-order chi connectivity index (χ0) is 7.41. The van der Waals surface area contributed by atoms with E-state index in [1.165, 1.54) is 12.8 Å². The minimum Gasteiger partial charge on any atom is -0.0848 e. The molecule has 0 atom stereocenters. The highest BCUT2D eigenvalue weighted by molar-refractivity contribution is 5.18. The van der Waals surface area contributed by atoms with Crippen molar-refractivity contribution in [3.05, 3.63) is 12.2 Å². The van der Waals surface area contributed by atoms with Gasteiger partial charge in [-0.2, -0.15) is 0 Å². The fourth-order valence-corrected chi connectivity index (χ4v) is 2.34. The molecule has 0 aromatic heterocycles. The van der Waals surface area contributed by atoms with Crippen LogP contribution in [0.5, 0.6) is 0 Å². The highest BCUT2D eigenvalue weighted by Crippen LogP contribution is 2.60. The van der Waals surface area contributed by atoms with E-state index >= 15 is 0 Å². The van der Waals surface area contributed by atoms with Gasteiger partial charge in [0, 0.05) is 0 Å². The van der Waals surface area contributed by atoms with Crippen molar-refractivity contribution in [3.8, 4) is 0 Å². The summed E-state index contributed by atoms with van der Waals surface area (Å²) in [6.45, 7) is 7.14. The predicted octanol–water partition coefficient (Wildman–Crippen LogP) is 3.00. The highest BCUT2D eigenvalue weighted by Gasteiger charge is 2.51. The molecule has 0 aromatic carbocycles. The SMILES string of the molecule is CC1(C)C=CC2CC1(C)C2. The Hall–Kier alpha value is -0.260. The Morgan fingerprint density at radius 3 is 2.10 bits per heavy atom. The van der Waals surface area contributed by atoms with Gasteiger partial charge in [0.15, 0.2) is 0 Å². The molecule has 0 spiro atoms. The topological polar surface area (TPSA) is 0 Å². The molecule has 56 valence electrons. The first-order valence-corrected chi connectivity index (χ1v) is 4.23. The first-order chi connectivity index (χ1) is 4.54. The maximum absolute atomic E-state index is 2.42. The van der Waals surface area contributed by atoms with E-state index in [1.54, 1.807) is 0 Å². The molecule has 0 nitrogen and oxygen atoms in total. The van der Waals surface area contributed by atoms with E-state index < -0.39 is 0 Å². The van der Waals surface area contributed by atoms with Crippen LogP contribution in [0.2, 0.25) is 0 Å². The standard InChI is InChI=1S/C10H16/c1-9(2)5-4-8-6-10(9,3)7-8/h4-5,8H,6-7H2,1-3H3. The molecule has 0 unspecified atom stereocenters. The van der Waals surface area contributed by atoms with Gasteiger partial charge in [0.25, 0.3) is 0 Å². The molecule has 0 radical (unpaired) electrons. The van der Waals surface area contributed by atoms with Crippen LogP contribution in [0.15, 0.2) is 12.2 Å². The summed E-state index contributed by atoms with van der Waals surface area (Å²) in [5.41, 5.74) is 1.09. The van der Waals surface area contributed by atoms with Crippen LogP contribution in [-0.4, -0.2) is 0 Å². The monoisotopic (exact) mass is 136 g/mol. The lowest BCUT2D eigenvalue weighted by Gasteiger charge is -2.57. The maximum Gasteiger partial charge on any atom is -0.0121 e. The van der Waals surface area contributed by atoms with Gasteiger partial charge in [0.1, 0.15) is 0 Å². The summed E-state index contributed by atoms with van der Waals surface area (Å²) in [6, 6.07) is 0. The van der Waals surface area contributed by atoms with Crippen LogP contribution in [0.4, 0.5) is 0 Å². The van der Waals surface area contributed by atoms with Crippen molar-refractivity contribution in [1.82, 2.24) is 0 Å². The lowest BCUT2D eigenvalue weighted by Crippen LogP contribution is -2.47. The summed E-state index contributed by atoms with van der Waals surface area (Å²) in [5, 5.41) is 0. The van der Waals surface area contributed by atoms with Crippen molar-refractivity contribution in [2.45, 2.75) is 33.6 Å². The molecular formula is C10H16. The highest BCUT2D eigenvalue weighted by atomic mass is 14.6. The molecule has 0 aromatic rings. The number of fused-ring (bicyclic) bond motifs is 1. The molecule has 10 heavy (non-hydrogen) atoms. The van der Waals surface area contributed by atoms with E-state index in [1.807, 2.05) is 0 Å². The van der Waals surface area contributed by atoms with Gasteiger partial charge in [-0.25, -0.2) is 0 Å². The molecule has 0 heterocycles. The van der Waals surface area contributed by atoms with Crippen molar-refractivity contribution in [1.29, 1.82) is 0 Å². The van der Waals surface area contributed by atoms with Crippen LogP contribution < -0.4 is 0 Å². The molecule has 0 heteroatoms. The molecule has 0 aliphatic heterocycles. The van der Waals surface area contributed by atoms with Crippen LogP contribution in [0.25, 0.3) is 0 Å². The first-order valence-electron chi connectivity index (χ1n) is 4.23. The minimum atomic E-state index is 0.460. The number of allylic oxidation sites excluding steroid dienone is 2. The second-order valence-electron chi connectivity index (χ2n) is 4.81. The van der Waals surface area contributed by atoms with Crippen LogP contribution in [0, 0.1) is 16.7 Å². The van der Waals surface area contributed by atoms with Gasteiger partial charge in [0.05, 0.1) is 0 Å². The van der Waals surface area contributed by atoms with Crippen molar-refractivity contribution in [2.75, 3.05) is 0 Å². The third-order valence-electron chi connectivity index (χ3n) is 3.77. The Labute approximate surface area is 63.3 Å². The Kier molecular flexibility index (Phi) is 0.962. The average molecular weight is 136 g/mol. The van der Waals surface area contributed by atoms with Gasteiger partial charge >= 0.3 is 0 Å². The Morgan fingerprint density at radius 1 is 1.20 bits per heavy atom. The van der Waals surface area contributed by atoms with Crippen molar-refractivity contribution in [3.63, 3.8) is 0 Å². The molecule has 0 N–H and O–H groups in total. The number of hydrogen-bond acceptors (Lipinski definition) is 0. The minimum absolute atomic E-state index is 0.460. The largest absolute Gasteiger partial charge is 0.0848 e. The zero-order valence-corrected chi connectivity index (χ0v) is 7.15. The Bertz CT molecular complexity index is 180. The summed E-state index contributed by atoms with van der Waals surface area (Å²) >= 11 is 0. The lowest BCUT2D eigenvalue weighted by molar-refractivity contribution is -0.0126. The second kappa shape index (κ2) is 1.49. The van der Waals surface area contributed by atoms with Crippen LogP contribution in [0.1, 0.15) is 33.6 Å². The summed E-state index contributed by atoms with van der Waals surface area (Å²) in [7, 11) is 0. The molecule has 3 aliphatic carbocycles. The molecule has 1 fully saturated rings. The molecule has 3 aliphatic rings. The zero-order valence-electron chi connectivity index (χ0n) is 7.15. The third kappa shape index (κ3) is 0.574. The van der Waals surface area contributed by atoms with Crippen LogP contribution in [-0.2, 0) is 0 Å². The van der Waals surface area contributed by atoms with E-state index in [9.17, 15) is 0 Å². The van der Waals surface area contributed by atoms with Crippen molar-refractivity contribution in [2.24, 2.45) is 16.7 Å². The third-order valence-corrected chi connectivity index (χ3v) is 3.77. The lowest BCUT2D eigenvalue weighted by atomic mass is 9.48. The van der Waals surface area contributed by atoms with E-state index in [2.05, 4.69) is 32.9 Å². The average Bonchev–Trinajstić information content (AvgIpc) is 1.73. The fourth-order valence-electron chi connectivity index (χ4n) is 2.34. The maximum atomic E-state index is 2.42. The smallest absolute Gasteiger partial charge is 0.0121 e. The summed E-state index contributed by atoms with van der Waals surface area (Å²) in [5.74, 6) is 0.929. The van der Waals surface area contributed by atoms with Crippen LogP contribution >= 0.6 is 0 Å². The van der Waals surface area contributed by atoms with Gasteiger partial charge in [-0.3, -0.25) is 0 Å². The number of rotatable bonds is 0. The summed E-state index contributed by atoms with van der Waals surface area (Å²) in [6.07, 6.45) is 7.67. The van der Waals surface area contributed by atoms with Gasteiger partial charge < -0.3 is 0 Å². The Morgan fingerprint density at radius 2 is 1.80 bits per heavy atom. The summed E-state index contributed by atoms with van der Waals surface area (Å²) < 4.78 is 0. The molecule has 0 amide bonds. The molecular weight excluding hydrogens is 120 g/mol. The van der Waals surface area contributed by atoms with Crippen molar-refractivity contribution < 1.29 is 0 Å². The normalized spacial score (nSPS) is 48.5. The quantitative estimate of drug-likeness (QED) is 0.449. The molecule has 0 saturated heterocycles. The molecule has 1 saturated carbocycles. The Balaban J connectivity index is 2.36. The van der Waals surface area contributed by atoms with Gasteiger partial charge in [-0.15, -0.1) is 0 Å². The van der Waals surface area contributed by atoms with Crippen molar-refractivity contribution >= 4 is 0 Å². The van der Waals surface area contributed by atoms with E-state index in [0.717, 1.165) is 5.92 Å².